The number of carbonyl (C=O) groups excluding carboxylic acids is 1. The Labute approximate surface area is 135 Å². The lowest BCUT2D eigenvalue weighted by molar-refractivity contribution is -0.384. The van der Waals surface area contributed by atoms with Crippen LogP contribution >= 0.6 is 0 Å². The van der Waals surface area contributed by atoms with Gasteiger partial charge in [-0.25, -0.2) is 4.79 Å². The molecule has 0 saturated carbocycles. The van der Waals surface area contributed by atoms with Crippen molar-refractivity contribution in [2.75, 3.05) is 19.7 Å². The molecule has 1 fully saturated rings. The third kappa shape index (κ3) is 4.19. The average Bonchev–Trinajstić information content (AvgIpc) is 2.55. The van der Waals surface area contributed by atoms with Gasteiger partial charge in [0.25, 0.3) is 5.69 Å². The van der Waals surface area contributed by atoms with Gasteiger partial charge in [0.1, 0.15) is 0 Å². The molecule has 1 saturated heterocycles. The summed E-state index contributed by atoms with van der Waals surface area (Å²) >= 11 is 0. The van der Waals surface area contributed by atoms with Crippen LogP contribution in [0.1, 0.15) is 38.8 Å². The van der Waals surface area contributed by atoms with Crippen molar-refractivity contribution < 1.29 is 14.5 Å². The third-order valence-corrected chi connectivity index (χ3v) is 4.29. The molecule has 2 rings (SSSR count). The normalized spacial score (nSPS) is 22.5. The van der Waals surface area contributed by atoms with Crippen molar-refractivity contribution in [1.82, 2.24) is 10.2 Å². The van der Waals surface area contributed by atoms with Gasteiger partial charge < -0.3 is 15.0 Å². The molecule has 0 unspecified atom stereocenters. The van der Waals surface area contributed by atoms with Crippen LogP contribution in [0.3, 0.4) is 0 Å². The molecule has 23 heavy (non-hydrogen) atoms. The smallest absolute Gasteiger partial charge is 0.318 e. The maximum absolute atomic E-state index is 12.4. The monoisotopic (exact) mass is 321 g/mol. The van der Waals surface area contributed by atoms with E-state index in [1.807, 2.05) is 20.8 Å². The summed E-state index contributed by atoms with van der Waals surface area (Å²) in [5, 5.41) is 13.7. The van der Waals surface area contributed by atoms with Crippen molar-refractivity contribution >= 4 is 11.7 Å². The van der Waals surface area contributed by atoms with Crippen LogP contribution in [0.4, 0.5) is 10.5 Å². The van der Waals surface area contributed by atoms with Crippen molar-refractivity contribution in [1.29, 1.82) is 0 Å². The first kappa shape index (κ1) is 17.2. The van der Waals surface area contributed by atoms with Gasteiger partial charge in [0.15, 0.2) is 0 Å². The van der Waals surface area contributed by atoms with E-state index in [0.29, 0.717) is 25.3 Å². The van der Waals surface area contributed by atoms with E-state index >= 15 is 0 Å². The van der Waals surface area contributed by atoms with Crippen LogP contribution in [0.2, 0.25) is 0 Å². The standard InChI is InChI=1S/C16H23N3O4/c1-4-16(3)11-18(8-9-23-16)15(20)17-12(2)13-6-5-7-14(10-13)19(21)22/h5-7,10,12H,4,8-9,11H2,1-3H3,(H,17,20)/t12-,16-/m1/s1. The minimum Gasteiger partial charge on any atom is -0.372 e. The van der Waals surface area contributed by atoms with Crippen molar-refractivity contribution in [2.45, 2.75) is 38.8 Å². The molecule has 1 N–H and O–H groups in total. The molecule has 126 valence electrons. The van der Waals surface area contributed by atoms with Gasteiger partial charge in [0, 0.05) is 18.7 Å². The molecule has 0 radical (unpaired) electrons. The Morgan fingerprint density at radius 3 is 2.96 bits per heavy atom. The van der Waals surface area contributed by atoms with Crippen LogP contribution in [0.5, 0.6) is 0 Å². The number of non-ortho nitro benzene ring substituents is 1. The average molecular weight is 321 g/mol. The molecule has 2 atom stereocenters. The maximum Gasteiger partial charge on any atom is 0.318 e. The highest BCUT2D eigenvalue weighted by Gasteiger charge is 2.33. The highest BCUT2D eigenvalue weighted by Crippen LogP contribution is 2.22. The van der Waals surface area contributed by atoms with Crippen molar-refractivity contribution in [3.63, 3.8) is 0 Å². The second-order valence-corrected chi connectivity index (χ2v) is 6.10. The van der Waals surface area contributed by atoms with E-state index in [1.54, 1.807) is 17.0 Å². The SMILES string of the molecule is CC[C@]1(C)CN(C(=O)N[C@H](C)c2cccc([N+](=O)[O-])c2)CCO1. The second-order valence-electron chi connectivity index (χ2n) is 6.10. The summed E-state index contributed by atoms with van der Waals surface area (Å²) < 4.78 is 5.73. The van der Waals surface area contributed by atoms with Gasteiger partial charge in [-0.2, -0.15) is 0 Å². The molecule has 7 nitrogen and oxygen atoms in total. The van der Waals surface area contributed by atoms with E-state index in [-0.39, 0.29) is 23.4 Å². The molecule has 1 aliphatic rings. The zero-order chi connectivity index (χ0) is 17.0. The topological polar surface area (TPSA) is 84.7 Å². The van der Waals surface area contributed by atoms with E-state index in [1.165, 1.54) is 12.1 Å². The predicted molar refractivity (Wildman–Crippen MR) is 86.3 cm³/mol. The molecule has 0 bridgehead atoms. The summed E-state index contributed by atoms with van der Waals surface area (Å²) in [5.41, 5.74) is 0.414. The number of hydrogen-bond acceptors (Lipinski definition) is 4. The fraction of sp³-hybridized carbons (Fsp3) is 0.562. The van der Waals surface area contributed by atoms with E-state index in [9.17, 15) is 14.9 Å². The van der Waals surface area contributed by atoms with E-state index in [2.05, 4.69) is 5.32 Å². The molecule has 2 amide bonds. The Balaban J connectivity index is 2.02. The van der Waals surface area contributed by atoms with E-state index in [4.69, 9.17) is 4.74 Å². The maximum atomic E-state index is 12.4. The van der Waals surface area contributed by atoms with Crippen LogP contribution in [0.15, 0.2) is 24.3 Å². The number of nitrogens with zero attached hydrogens (tertiary/aromatic N) is 2. The summed E-state index contributed by atoms with van der Waals surface area (Å²) in [5.74, 6) is 0. The van der Waals surface area contributed by atoms with Gasteiger partial charge in [-0.15, -0.1) is 0 Å². The van der Waals surface area contributed by atoms with Crippen LogP contribution in [-0.4, -0.2) is 41.2 Å². The fourth-order valence-corrected chi connectivity index (χ4v) is 2.59. The zero-order valence-corrected chi connectivity index (χ0v) is 13.7. The van der Waals surface area contributed by atoms with Crippen LogP contribution in [-0.2, 0) is 4.74 Å². The molecule has 1 aliphatic heterocycles. The number of nitro groups is 1. The Hall–Kier alpha value is -2.15. The quantitative estimate of drug-likeness (QED) is 0.682. The molecule has 1 aromatic carbocycles. The number of hydrogen-bond donors (Lipinski definition) is 1. The number of benzene rings is 1. The first-order valence-corrected chi connectivity index (χ1v) is 7.78. The van der Waals surface area contributed by atoms with Gasteiger partial charge in [-0.3, -0.25) is 10.1 Å². The predicted octanol–water partition coefficient (Wildman–Crippen LogP) is 2.87. The lowest BCUT2D eigenvalue weighted by Crippen LogP contribution is -2.54. The Morgan fingerprint density at radius 2 is 2.30 bits per heavy atom. The molecule has 1 heterocycles. The number of amides is 2. The van der Waals surface area contributed by atoms with Crippen molar-refractivity contribution in [2.24, 2.45) is 0 Å². The van der Waals surface area contributed by atoms with E-state index < -0.39 is 4.92 Å². The number of morpholine rings is 1. The highest BCUT2D eigenvalue weighted by molar-refractivity contribution is 5.75. The van der Waals surface area contributed by atoms with Crippen molar-refractivity contribution in [3.05, 3.63) is 39.9 Å². The first-order chi connectivity index (χ1) is 10.8. The van der Waals surface area contributed by atoms with Gasteiger partial charge >= 0.3 is 6.03 Å². The number of nitro benzene ring substituents is 1. The third-order valence-electron chi connectivity index (χ3n) is 4.29. The number of ether oxygens (including phenoxy) is 1. The zero-order valence-electron chi connectivity index (χ0n) is 13.7. The Bertz CT molecular complexity index is 592. The van der Waals surface area contributed by atoms with Gasteiger partial charge in [0.2, 0.25) is 0 Å². The highest BCUT2D eigenvalue weighted by atomic mass is 16.6. The molecule has 7 heteroatoms. The fourth-order valence-electron chi connectivity index (χ4n) is 2.59. The number of urea groups is 1. The number of carbonyl (C=O) groups is 1. The summed E-state index contributed by atoms with van der Waals surface area (Å²) in [6, 6.07) is 5.84. The summed E-state index contributed by atoms with van der Waals surface area (Å²) in [4.78, 5) is 24.6. The largest absolute Gasteiger partial charge is 0.372 e. The number of nitrogens with one attached hydrogen (secondary N) is 1. The van der Waals surface area contributed by atoms with Gasteiger partial charge in [-0.1, -0.05) is 19.1 Å². The minimum absolute atomic E-state index is 0.0218. The molecule has 1 aromatic rings. The molecular weight excluding hydrogens is 298 g/mol. The molecule has 0 spiro atoms. The minimum atomic E-state index is -0.438. The van der Waals surface area contributed by atoms with Gasteiger partial charge in [0.05, 0.1) is 29.7 Å². The summed E-state index contributed by atoms with van der Waals surface area (Å²) in [6.45, 7) is 7.45. The van der Waals surface area contributed by atoms with Gasteiger partial charge in [-0.05, 0) is 25.8 Å². The summed E-state index contributed by atoms with van der Waals surface area (Å²) in [6.07, 6.45) is 0.831. The van der Waals surface area contributed by atoms with Crippen LogP contribution in [0.25, 0.3) is 0 Å². The molecular formula is C16H23N3O4. The summed E-state index contributed by atoms with van der Waals surface area (Å²) in [7, 11) is 0. The van der Waals surface area contributed by atoms with E-state index in [0.717, 1.165) is 6.42 Å². The Morgan fingerprint density at radius 1 is 1.57 bits per heavy atom. The lowest BCUT2D eigenvalue weighted by Gasteiger charge is -2.40. The first-order valence-electron chi connectivity index (χ1n) is 7.78. The second kappa shape index (κ2) is 6.95. The van der Waals surface area contributed by atoms with Crippen LogP contribution < -0.4 is 5.32 Å². The van der Waals surface area contributed by atoms with Crippen molar-refractivity contribution in [3.8, 4) is 0 Å². The number of rotatable bonds is 4. The Kier molecular flexibility index (Phi) is 5.20. The molecule has 0 aliphatic carbocycles. The molecule has 0 aromatic heterocycles. The lowest BCUT2D eigenvalue weighted by atomic mass is 10.0. The van der Waals surface area contributed by atoms with Crippen LogP contribution in [0, 0.1) is 10.1 Å².